The van der Waals surface area contributed by atoms with Gasteiger partial charge in [0.2, 0.25) is 5.91 Å². The van der Waals surface area contributed by atoms with E-state index in [9.17, 15) is 76.3 Å². The van der Waals surface area contributed by atoms with E-state index < -0.39 is 271 Å². The van der Waals surface area contributed by atoms with Crippen molar-refractivity contribution in [2.24, 2.45) is 54.4 Å². The Morgan fingerprint density at radius 2 is 0.664 bits per heavy atom. The summed E-state index contributed by atoms with van der Waals surface area (Å²) >= 11 is 1.37. The Bertz CT molecular complexity index is 4740. The number of rotatable bonds is 44. The molecule has 23 aliphatic rings. The molecule has 30 atom stereocenters. The molecule has 2 aromatic rings. The highest BCUT2D eigenvalue weighted by Gasteiger charge is 2.62. The van der Waals surface area contributed by atoms with E-state index in [1.54, 1.807) is 20.8 Å². The third kappa shape index (κ3) is 31.5. The lowest BCUT2D eigenvalue weighted by molar-refractivity contribution is -0.394. The Labute approximate surface area is 806 Å². The van der Waals surface area contributed by atoms with Gasteiger partial charge in [-0.25, -0.2) is 4.79 Å². The summed E-state index contributed by atoms with van der Waals surface area (Å²) in [6.45, 7) is 11.6. The molecule has 0 spiro atoms. The number of nitrogens with zero attached hydrogens (tertiary/aromatic N) is 18. The van der Waals surface area contributed by atoms with Gasteiger partial charge in [-0.1, -0.05) is 107 Å². The Kier molecular flexibility index (Phi) is 44.9. The van der Waals surface area contributed by atoms with Crippen LogP contribution in [0.5, 0.6) is 0 Å². The molecule has 1 aliphatic carbocycles. The molecular weight excluding hydrogens is 1880 g/mol. The van der Waals surface area contributed by atoms with Gasteiger partial charge in [0.1, 0.15) is 43.2 Å². The topological polar surface area (TPSA) is 701 Å². The lowest BCUT2D eigenvalue weighted by Crippen LogP contribution is -2.69. The molecule has 2 N–H and O–H groups in total. The zero-order chi connectivity index (χ0) is 101. The van der Waals surface area contributed by atoms with Gasteiger partial charge in [0, 0.05) is 133 Å². The zero-order valence-electron chi connectivity index (χ0n) is 78.9. The van der Waals surface area contributed by atoms with Crippen LogP contribution < -0.4 is 10.6 Å². The van der Waals surface area contributed by atoms with Crippen LogP contribution in [0.2, 0.25) is 0 Å². The number of ether oxygens (including phenoxy) is 25. The molecule has 55 heteroatoms. The van der Waals surface area contributed by atoms with Gasteiger partial charge < -0.3 is 129 Å². The number of thioether (sulfide) groups is 1. The van der Waals surface area contributed by atoms with Gasteiger partial charge in [-0.15, -0.1) is 0 Å². The fourth-order valence-corrected chi connectivity index (χ4v) is 18.3. The van der Waals surface area contributed by atoms with Crippen LogP contribution in [0, 0.1) is 23.7 Å². The summed E-state index contributed by atoms with van der Waals surface area (Å²) in [7, 11) is 0. The highest BCUT2D eigenvalue weighted by atomic mass is 32.2. The first-order valence-corrected chi connectivity index (χ1v) is 46.6. The fourth-order valence-electron chi connectivity index (χ4n) is 17.5. The predicted molar refractivity (Wildman–Crippen MR) is 476 cm³/mol. The number of nitrogens with one attached hydrogen (secondary N) is 2. The Balaban J connectivity index is 0.894. The van der Waals surface area contributed by atoms with E-state index in [4.69, 9.17) is 118 Å². The van der Waals surface area contributed by atoms with Gasteiger partial charge in [0.15, 0.2) is 74.4 Å². The number of fused-ring (bicyclic) bond motifs is 3. The minimum Gasteiger partial charge on any atom is -0.459 e. The normalized spacial score (nSPS) is 31.6. The molecule has 12 bridgehead atoms. The van der Waals surface area contributed by atoms with E-state index in [1.165, 1.54) is 18.7 Å². The van der Waals surface area contributed by atoms with Crippen LogP contribution in [0.4, 0.5) is 4.79 Å². The Morgan fingerprint density at radius 3 is 1.09 bits per heavy atom. The minimum absolute atomic E-state index is 0.0163. The van der Waals surface area contributed by atoms with Gasteiger partial charge in [-0.3, -0.25) is 38.4 Å². The maximum atomic E-state index is 14.0. The van der Waals surface area contributed by atoms with Crippen molar-refractivity contribution >= 4 is 65.5 Å². The second-order valence-electron chi connectivity index (χ2n) is 33.4. The van der Waals surface area contributed by atoms with Crippen LogP contribution in [0.15, 0.2) is 79.2 Å². The van der Waals surface area contributed by atoms with Crippen LogP contribution in [-0.4, -0.2) is 344 Å². The molecule has 0 unspecified atom stereocenters. The number of carbonyl (C=O) groups is 9. The number of hydrogen-bond donors (Lipinski definition) is 2. The molecule has 22 heterocycles. The van der Waals surface area contributed by atoms with Crippen molar-refractivity contribution in [3.8, 4) is 11.1 Å². The first kappa shape index (κ1) is 111. The van der Waals surface area contributed by atoms with Crippen molar-refractivity contribution in [3.05, 3.63) is 122 Å². The SMILES string of the molecule is CC(=O)O[C@@H]1[C@@H](OC(C)=O)[C@H]2O[C@H]3[C@H](OC(C)=O)[C@@H](OCCCSCCNC(=O)CCOCCOCCOCCOCCNC(=O)OCC4c5ccccc5-c5ccccc54)[C@@H](O[C@H]4[C@H](OC(C)=O)[C@@H](OC(C)=O)[C@@H](O[C@H]5[C@H](OC(C)=O)[C@@H](C)[C@@H](O[C@H]6[C@H](C)[C@@H](C)[C@@H](O[C@H]7[C@H](C)[C@@H](OC(C)=O)[C@@H](O[C@@H]1[C@@H](CN=[N+]=[N-])O2)O[C@@H]7CN=[N+]=[N-])O[C@@H]6CN=[N+]=[N-])O[C@@H]5CN=[N+]=[N-])O[C@@H]4CN=[N+]=[N-])O[C@@H]3CN=[N+]=[N-]. The molecule has 140 heavy (non-hydrogen) atoms. The summed E-state index contributed by atoms with van der Waals surface area (Å²) in [6.07, 6.45) is -45.9. The number of azide groups is 6. The quantitative estimate of drug-likeness (QED) is 0.0157. The molecule has 2 amide bonds. The largest absolute Gasteiger partial charge is 0.459 e. The van der Waals surface area contributed by atoms with E-state index in [0.717, 1.165) is 70.7 Å². The minimum atomic E-state index is -2.15. The molecule has 0 radical (unpaired) electrons. The van der Waals surface area contributed by atoms with Crippen LogP contribution >= 0.6 is 11.8 Å². The van der Waals surface area contributed by atoms with Crippen molar-refractivity contribution in [2.45, 2.75) is 255 Å². The lowest BCUT2D eigenvalue weighted by atomic mass is 9.83. The molecule has 0 saturated carbocycles. The summed E-state index contributed by atoms with van der Waals surface area (Å²) in [5, 5.41) is 28.4. The second kappa shape index (κ2) is 56.6. The molecule has 22 saturated heterocycles. The van der Waals surface area contributed by atoms with Gasteiger partial charge in [-0.2, -0.15) is 11.8 Å². The fraction of sp³-hybridized carbons (Fsp3) is 0.753. The highest BCUT2D eigenvalue weighted by molar-refractivity contribution is 7.99. The predicted octanol–water partition coefficient (Wildman–Crippen LogP) is 8.21. The average molecular weight is 2000 g/mol. The van der Waals surface area contributed by atoms with Gasteiger partial charge in [-0.05, 0) is 73.5 Å². The summed E-state index contributed by atoms with van der Waals surface area (Å²) in [4.78, 5) is 139. The van der Waals surface area contributed by atoms with E-state index >= 15 is 0 Å². The van der Waals surface area contributed by atoms with Gasteiger partial charge in [0.05, 0.1) is 141 Å². The standard InChI is InChI=1S/C85H118N20O34S/c1-42-43(2)79-128-58(35-94-100-86)65(42)134-80-45(4)67(121-46(5)106)69(60(129-80)37-96-102-88)136-83-77(126-51(10)111)75(125-50(9)110)72(63(132-83)40-99-105-91)138-82-76(119-24-16-33-140-34-23-92-64(113)21-25-115-27-29-117-31-32-118-30-28-116-26-22-93-85(114)120-41-57-55-19-14-12-17-53(55)54-18-13-15-20-56(54)57)73(123-48(7)108)70(61(131-82)38-97-103-89)139-84-78(127-52(11)112)74(124-49(8)109)71(62(133-84)39-98-104-90)137-81-68(122-47(6)107)44(3)66(135-79)59(130-81)36-95-101-87/h12-15,17-20,42-45,57-63,65-84H,16,21-41H2,1-11H3,(H,92,113)(H,93,114)/t42-,43-,44+,45-,58-,59-,60-,61-,62-,63-,65+,66+,67-,68-,69-,70-,71-,72-,73+,74+,75+,76-,77-,78-,79-,80-,81-,82-,83-,84-/m1/s1. The molecule has 22 aliphatic heterocycles. The molecular formula is C85H118N20O34S. The maximum absolute atomic E-state index is 14.0. The van der Waals surface area contributed by atoms with E-state index in [1.807, 2.05) is 36.4 Å². The number of amides is 2. The van der Waals surface area contributed by atoms with Crippen molar-refractivity contribution in [2.75, 3.05) is 130 Å². The summed E-state index contributed by atoms with van der Waals surface area (Å²) in [6, 6.07) is 16.2. The molecule has 22 fully saturated rings. The monoisotopic (exact) mass is 1990 g/mol. The number of hydrogen-bond acceptors (Lipinski definition) is 41. The van der Waals surface area contributed by atoms with Gasteiger partial charge in [0.25, 0.3) is 0 Å². The van der Waals surface area contributed by atoms with Crippen molar-refractivity contribution in [3.63, 3.8) is 0 Å². The Morgan fingerprint density at radius 1 is 0.336 bits per heavy atom. The van der Waals surface area contributed by atoms with Crippen LogP contribution in [0.3, 0.4) is 0 Å². The highest BCUT2D eigenvalue weighted by Crippen LogP contribution is 2.48. The van der Waals surface area contributed by atoms with Crippen molar-refractivity contribution < 1.29 is 162 Å². The third-order valence-electron chi connectivity index (χ3n) is 23.7. The molecule has 54 nitrogen and oxygen atoms in total. The summed E-state index contributed by atoms with van der Waals surface area (Å²) in [5.74, 6) is -10.7. The first-order valence-electron chi connectivity index (χ1n) is 45.5. The molecule has 2 aromatic carbocycles. The van der Waals surface area contributed by atoms with E-state index in [0.29, 0.717) is 11.5 Å². The van der Waals surface area contributed by atoms with Crippen molar-refractivity contribution in [1.82, 2.24) is 10.6 Å². The van der Waals surface area contributed by atoms with Gasteiger partial charge >= 0.3 is 47.9 Å². The first-order chi connectivity index (χ1) is 67.5. The van der Waals surface area contributed by atoms with Crippen molar-refractivity contribution in [1.29, 1.82) is 0 Å². The lowest BCUT2D eigenvalue weighted by Gasteiger charge is -2.53. The third-order valence-corrected chi connectivity index (χ3v) is 24.8. The smallest absolute Gasteiger partial charge is 0.407 e. The average Bonchev–Trinajstić information content (AvgIpc) is 1.78. The Hall–Kier alpha value is -11.0. The van der Waals surface area contributed by atoms with E-state index in [2.05, 4.69) is 82.9 Å². The molecule has 768 valence electrons. The molecule has 25 rings (SSSR count). The number of alkyl carbamates (subject to hydrolysis) is 1. The van der Waals surface area contributed by atoms with E-state index in [-0.39, 0.29) is 104 Å². The zero-order valence-corrected chi connectivity index (χ0v) is 79.7. The number of carbonyl (C=O) groups excluding carboxylic acids is 9. The second-order valence-corrected chi connectivity index (χ2v) is 34.6. The summed E-state index contributed by atoms with van der Waals surface area (Å²) < 4.78 is 158. The number of benzene rings is 2. The number of esters is 7. The maximum Gasteiger partial charge on any atom is 0.407 e. The van der Waals surface area contributed by atoms with Crippen LogP contribution in [-0.2, 0) is 157 Å². The van der Waals surface area contributed by atoms with Crippen LogP contribution in [0.1, 0.15) is 106 Å². The summed E-state index contributed by atoms with van der Waals surface area (Å²) in [5.41, 5.74) is 64.5. The molecule has 0 aromatic heterocycles. The van der Waals surface area contributed by atoms with Crippen LogP contribution in [0.25, 0.3) is 73.8 Å².